The van der Waals surface area contributed by atoms with Gasteiger partial charge in [-0.1, -0.05) is 45.2 Å². The second-order valence-corrected chi connectivity index (χ2v) is 5.69. The zero-order chi connectivity index (χ0) is 13.7. The van der Waals surface area contributed by atoms with Gasteiger partial charge in [0, 0.05) is 20.9 Å². The molecule has 0 amide bonds. The Balaban J connectivity index is 2.86. The van der Waals surface area contributed by atoms with Crippen LogP contribution in [0, 0.1) is 0 Å². The van der Waals surface area contributed by atoms with E-state index in [1.54, 1.807) is 12.1 Å². The number of ketones is 2. The molecule has 1 aromatic carbocycles. The van der Waals surface area contributed by atoms with Crippen molar-refractivity contribution in [2.75, 3.05) is 0 Å². The minimum atomic E-state index is -2.07. The van der Waals surface area contributed by atoms with Gasteiger partial charge in [0.15, 0.2) is 5.78 Å². The maximum absolute atomic E-state index is 13.8. The van der Waals surface area contributed by atoms with E-state index in [0.717, 1.165) is 6.42 Å². The van der Waals surface area contributed by atoms with Crippen molar-refractivity contribution in [3.8, 4) is 0 Å². The lowest BCUT2D eigenvalue weighted by atomic mass is 10.0. The van der Waals surface area contributed by atoms with E-state index in [2.05, 4.69) is 31.9 Å². The van der Waals surface area contributed by atoms with Crippen LogP contribution in [0.2, 0.25) is 0 Å². The minimum Gasteiger partial charge on any atom is -0.296 e. The van der Waals surface area contributed by atoms with Crippen LogP contribution in [0.1, 0.15) is 36.5 Å². The van der Waals surface area contributed by atoms with E-state index in [-0.39, 0.29) is 12.0 Å². The molecule has 0 bridgehead atoms. The van der Waals surface area contributed by atoms with E-state index in [0.29, 0.717) is 15.4 Å². The standard InChI is InChI=1S/C13H13Br2FO2/c1-2-3-4-11(17)12(16)13(18)9-7-8(14)5-6-10(9)15/h5-7,12H,2-4H2,1H3. The molecule has 0 heterocycles. The molecule has 18 heavy (non-hydrogen) atoms. The number of Topliss-reactive ketones (excluding diaryl/α,β-unsaturated/α-hetero) is 2. The van der Waals surface area contributed by atoms with Gasteiger partial charge in [-0.3, -0.25) is 9.59 Å². The number of benzene rings is 1. The van der Waals surface area contributed by atoms with Crippen LogP contribution in [-0.2, 0) is 4.79 Å². The van der Waals surface area contributed by atoms with Crippen molar-refractivity contribution in [3.05, 3.63) is 32.7 Å². The molecule has 0 saturated carbocycles. The Morgan fingerprint density at radius 1 is 1.33 bits per heavy atom. The summed E-state index contributed by atoms with van der Waals surface area (Å²) in [4.78, 5) is 23.4. The Morgan fingerprint density at radius 2 is 2.00 bits per heavy atom. The molecule has 2 nitrogen and oxygen atoms in total. The van der Waals surface area contributed by atoms with E-state index in [1.807, 2.05) is 6.92 Å². The predicted molar refractivity (Wildman–Crippen MR) is 75.6 cm³/mol. The molecular weight excluding hydrogens is 367 g/mol. The quantitative estimate of drug-likeness (QED) is 0.539. The first-order valence-electron chi connectivity index (χ1n) is 5.63. The number of carbonyl (C=O) groups excluding carboxylic acids is 2. The molecule has 0 aromatic heterocycles. The van der Waals surface area contributed by atoms with E-state index in [9.17, 15) is 14.0 Å². The lowest BCUT2D eigenvalue weighted by Gasteiger charge is -2.08. The van der Waals surface area contributed by atoms with Crippen LogP contribution in [0.3, 0.4) is 0 Å². The monoisotopic (exact) mass is 378 g/mol. The Kier molecular flexibility index (Phi) is 6.15. The normalized spacial score (nSPS) is 12.2. The highest BCUT2D eigenvalue weighted by Crippen LogP contribution is 2.24. The van der Waals surface area contributed by atoms with Gasteiger partial charge < -0.3 is 0 Å². The number of alkyl halides is 1. The number of hydrogen-bond donors (Lipinski definition) is 0. The van der Waals surface area contributed by atoms with Gasteiger partial charge in [-0.05, 0) is 24.6 Å². The molecular formula is C13H13Br2FO2. The van der Waals surface area contributed by atoms with E-state index < -0.39 is 17.7 Å². The van der Waals surface area contributed by atoms with E-state index >= 15 is 0 Å². The van der Waals surface area contributed by atoms with Crippen LogP contribution in [0.15, 0.2) is 27.1 Å². The van der Waals surface area contributed by atoms with Crippen LogP contribution in [0.25, 0.3) is 0 Å². The highest BCUT2D eigenvalue weighted by atomic mass is 79.9. The smallest absolute Gasteiger partial charge is 0.220 e. The van der Waals surface area contributed by atoms with Gasteiger partial charge in [0.05, 0.1) is 0 Å². The summed E-state index contributed by atoms with van der Waals surface area (Å²) in [7, 11) is 0. The van der Waals surface area contributed by atoms with Gasteiger partial charge in [0.2, 0.25) is 12.0 Å². The topological polar surface area (TPSA) is 34.1 Å². The number of unbranched alkanes of at least 4 members (excludes halogenated alkanes) is 1. The Morgan fingerprint density at radius 3 is 2.61 bits per heavy atom. The highest BCUT2D eigenvalue weighted by molar-refractivity contribution is 9.11. The van der Waals surface area contributed by atoms with Crippen molar-refractivity contribution in [3.63, 3.8) is 0 Å². The molecule has 0 aliphatic rings. The van der Waals surface area contributed by atoms with Crippen molar-refractivity contribution in [2.45, 2.75) is 32.4 Å². The second kappa shape index (κ2) is 7.14. The van der Waals surface area contributed by atoms with Crippen LogP contribution >= 0.6 is 31.9 Å². The zero-order valence-corrected chi connectivity index (χ0v) is 13.1. The number of rotatable bonds is 6. The lowest BCUT2D eigenvalue weighted by molar-refractivity contribution is -0.122. The highest BCUT2D eigenvalue weighted by Gasteiger charge is 2.27. The summed E-state index contributed by atoms with van der Waals surface area (Å²) >= 11 is 6.39. The molecule has 1 rings (SSSR count). The van der Waals surface area contributed by atoms with Gasteiger partial charge in [0.25, 0.3) is 0 Å². The van der Waals surface area contributed by atoms with Gasteiger partial charge in [-0.15, -0.1) is 0 Å². The fourth-order valence-electron chi connectivity index (χ4n) is 1.45. The van der Waals surface area contributed by atoms with E-state index in [1.165, 1.54) is 6.07 Å². The van der Waals surface area contributed by atoms with Crippen molar-refractivity contribution in [1.29, 1.82) is 0 Å². The SMILES string of the molecule is CCCCC(=O)C(F)C(=O)c1cc(Br)ccc1Br. The summed E-state index contributed by atoms with van der Waals surface area (Å²) < 4.78 is 14.9. The predicted octanol–water partition coefficient (Wildman–Crippen LogP) is 4.49. The molecule has 0 aliphatic heterocycles. The molecule has 1 atom stereocenters. The summed E-state index contributed by atoms with van der Waals surface area (Å²) in [6, 6.07) is 4.87. The molecule has 0 fully saturated rings. The van der Waals surface area contributed by atoms with Crippen molar-refractivity contribution < 1.29 is 14.0 Å². The first-order valence-corrected chi connectivity index (χ1v) is 7.22. The van der Waals surface area contributed by atoms with Crippen LogP contribution < -0.4 is 0 Å². The summed E-state index contributed by atoms with van der Waals surface area (Å²) in [6.07, 6.45) is -0.559. The molecule has 1 aromatic rings. The first kappa shape index (κ1) is 15.5. The lowest BCUT2D eigenvalue weighted by Crippen LogP contribution is -2.26. The minimum absolute atomic E-state index is 0.106. The van der Waals surface area contributed by atoms with Gasteiger partial charge in [0.1, 0.15) is 0 Å². The average Bonchev–Trinajstić information content (AvgIpc) is 2.37. The number of halogens is 3. The number of carbonyl (C=O) groups is 2. The fraction of sp³-hybridized carbons (Fsp3) is 0.385. The maximum Gasteiger partial charge on any atom is 0.220 e. The molecule has 0 saturated heterocycles. The third kappa shape index (κ3) is 3.99. The van der Waals surface area contributed by atoms with Crippen molar-refractivity contribution >= 4 is 43.4 Å². The first-order chi connectivity index (χ1) is 8.47. The molecule has 98 valence electrons. The largest absolute Gasteiger partial charge is 0.296 e. The molecule has 0 N–H and O–H groups in total. The molecule has 0 radical (unpaired) electrons. The van der Waals surface area contributed by atoms with Gasteiger partial charge in [-0.2, -0.15) is 0 Å². The molecule has 1 unspecified atom stereocenters. The zero-order valence-electron chi connectivity index (χ0n) is 9.88. The average molecular weight is 380 g/mol. The molecule has 0 spiro atoms. The molecule has 5 heteroatoms. The van der Waals surface area contributed by atoms with E-state index in [4.69, 9.17) is 0 Å². The summed E-state index contributed by atoms with van der Waals surface area (Å²) in [6.45, 7) is 1.91. The van der Waals surface area contributed by atoms with Crippen molar-refractivity contribution in [1.82, 2.24) is 0 Å². The van der Waals surface area contributed by atoms with Crippen LogP contribution in [0.4, 0.5) is 4.39 Å². The summed E-state index contributed by atoms with van der Waals surface area (Å²) in [5.74, 6) is -1.43. The maximum atomic E-state index is 13.8. The third-order valence-corrected chi connectivity index (χ3v) is 3.67. The second-order valence-electron chi connectivity index (χ2n) is 3.92. The third-order valence-electron chi connectivity index (χ3n) is 2.48. The van der Waals surface area contributed by atoms with Crippen molar-refractivity contribution in [2.24, 2.45) is 0 Å². The Labute approximate surface area is 122 Å². The summed E-state index contributed by atoms with van der Waals surface area (Å²) in [5, 5.41) is 0. The Hall–Kier alpha value is -0.550. The van der Waals surface area contributed by atoms with Crippen LogP contribution in [-0.4, -0.2) is 17.7 Å². The van der Waals surface area contributed by atoms with Gasteiger partial charge >= 0.3 is 0 Å². The van der Waals surface area contributed by atoms with Gasteiger partial charge in [-0.25, -0.2) is 4.39 Å². The Bertz CT molecular complexity index is 460. The fourth-order valence-corrected chi connectivity index (χ4v) is 2.25. The summed E-state index contributed by atoms with van der Waals surface area (Å²) in [5.41, 5.74) is 0.182. The molecule has 0 aliphatic carbocycles. The van der Waals surface area contributed by atoms with Crippen LogP contribution in [0.5, 0.6) is 0 Å². The number of hydrogen-bond acceptors (Lipinski definition) is 2.